The number of hydrogen-bond acceptors (Lipinski definition) is 6. The lowest BCUT2D eigenvalue weighted by Gasteiger charge is -2.02. The van der Waals surface area contributed by atoms with Crippen LogP contribution in [0.4, 0.5) is 6.01 Å². The number of amides is 1. The minimum Gasteiger partial charge on any atom is -0.444 e. The predicted molar refractivity (Wildman–Crippen MR) is 90.3 cm³/mol. The van der Waals surface area contributed by atoms with Gasteiger partial charge < -0.3 is 8.83 Å². The first-order valence-electron chi connectivity index (χ1n) is 6.66. The Labute approximate surface area is 144 Å². The normalized spacial score (nSPS) is 10.7. The van der Waals surface area contributed by atoms with E-state index in [1.165, 1.54) is 0 Å². The van der Waals surface area contributed by atoms with E-state index in [9.17, 15) is 4.79 Å². The smallest absolute Gasteiger partial charge is 0.322 e. The standard InChI is InChI=1S/C15H12BrN3O3S/c1-23-10-4-2-9(3-5-10)8-13(20)17-15-19-18-14(22-15)11-6-7-12(16)21-11/h2-7H,8H2,1H3,(H,17,19,20). The van der Waals surface area contributed by atoms with E-state index in [2.05, 4.69) is 31.4 Å². The Kier molecular flexibility index (Phi) is 4.82. The third-order valence-corrected chi connectivity index (χ3v) is 4.15. The highest BCUT2D eigenvalue weighted by molar-refractivity contribution is 9.10. The monoisotopic (exact) mass is 393 g/mol. The number of anilines is 1. The zero-order valence-electron chi connectivity index (χ0n) is 12.1. The van der Waals surface area contributed by atoms with Crippen molar-refractivity contribution in [1.82, 2.24) is 10.2 Å². The zero-order valence-corrected chi connectivity index (χ0v) is 14.5. The van der Waals surface area contributed by atoms with E-state index in [0.29, 0.717) is 10.4 Å². The van der Waals surface area contributed by atoms with Gasteiger partial charge in [0.05, 0.1) is 6.42 Å². The zero-order chi connectivity index (χ0) is 16.2. The molecule has 2 aromatic heterocycles. The van der Waals surface area contributed by atoms with Crippen molar-refractivity contribution in [3.63, 3.8) is 0 Å². The van der Waals surface area contributed by atoms with Gasteiger partial charge in [-0.25, -0.2) is 0 Å². The van der Waals surface area contributed by atoms with E-state index in [4.69, 9.17) is 8.83 Å². The van der Waals surface area contributed by atoms with Crippen molar-refractivity contribution in [2.24, 2.45) is 0 Å². The number of hydrogen-bond donors (Lipinski definition) is 1. The number of nitrogens with zero attached hydrogens (tertiary/aromatic N) is 2. The quantitative estimate of drug-likeness (QED) is 0.659. The van der Waals surface area contributed by atoms with Crippen LogP contribution >= 0.6 is 27.7 Å². The molecule has 6 nitrogen and oxygen atoms in total. The van der Waals surface area contributed by atoms with Gasteiger partial charge in [-0.3, -0.25) is 10.1 Å². The van der Waals surface area contributed by atoms with Crippen LogP contribution in [0.15, 0.2) is 54.8 Å². The average molecular weight is 394 g/mol. The Morgan fingerprint density at radius 2 is 1.96 bits per heavy atom. The van der Waals surface area contributed by atoms with Crippen LogP contribution in [0, 0.1) is 0 Å². The van der Waals surface area contributed by atoms with Crippen LogP contribution in [0.2, 0.25) is 0 Å². The molecule has 2 heterocycles. The Morgan fingerprint density at radius 1 is 1.17 bits per heavy atom. The second kappa shape index (κ2) is 7.01. The largest absolute Gasteiger partial charge is 0.444 e. The van der Waals surface area contributed by atoms with E-state index in [0.717, 1.165) is 10.5 Å². The molecule has 3 aromatic rings. The van der Waals surface area contributed by atoms with Gasteiger partial charge >= 0.3 is 6.01 Å². The van der Waals surface area contributed by atoms with Crippen LogP contribution in [0.3, 0.4) is 0 Å². The number of furan rings is 1. The molecular weight excluding hydrogens is 382 g/mol. The maximum absolute atomic E-state index is 12.0. The van der Waals surface area contributed by atoms with Crippen LogP contribution in [-0.2, 0) is 11.2 Å². The highest BCUT2D eigenvalue weighted by atomic mass is 79.9. The fourth-order valence-electron chi connectivity index (χ4n) is 1.89. The van der Waals surface area contributed by atoms with E-state index in [1.807, 2.05) is 30.5 Å². The minimum atomic E-state index is -0.224. The van der Waals surface area contributed by atoms with Crippen molar-refractivity contribution >= 4 is 39.6 Å². The van der Waals surface area contributed by atoms with Crippen molar-refractivity contribution in [2.75, 3.05) is 11.6 Å². The number of aromatic nitrogens is 2. The second-order valence-electron chi connectivity index (χ2n) is 4.59. The Morgan fingerprint density at radius 3 is 2.61 bits per heavy atom. The number of carbonyl (C=O) groups excluding carboxylic acids is 1. The summed E-state index contributed by atoms with van der Waals surface area (Å²) in [4.78, 5) is 13.2. The fraction of sp³-hybridized carbons (Fsp3) is 0.133. The summed E-state index contributed by atoms with van der Waals surface area (Å²) in [7, 11) is 0. The van der Waals surface area contributed by atoms with E-state index in [1.54, 1.807) is 23.9 Å². The van der Waals surface area contributed by atoms with Crippen LogP contribution in [-0.4, -0.2) is 22.4 Å². The molecule has 0 radical (unpaired) electrons. The molecule has 0 aliphatic heterocycles. The topological polar surface area (TPSA) is 81.2 Å². The third-order valence-electron chi connectivity index (χ3n) is 2.98. The summed E-state index contributed by atoms with van der Waals surface area (Å²) in [5, 5.41) is 10.2. The van der Waals surface area contributed by atoms with Gasteiger partial charge in [0.1, 0.15) is 0 Å². The maximum atomic E-state index is 12.0. The highest BCUT2D eigenvalue weighted by Gasteiger charge is 2.14. The van der Waals surface area contributed by atoms with Crippen molar-refractivity contribution in [3.05, 3.63) is 46.6 Å². The summed E-state index contributed by atoms with van der Waals surface area (Å²) in [6.07, 6.45) is 2.24. The summed E-state index contributed by atoms with van der Waals surface area (Å²) in [5.74, 6) is 0.408. The molecular formula is C15H12BrN3O3S. The lowest BCUT2D eigenvalue weighted by molar-refractivity contribution is -0.115. The van der Waals surface area contributed by atoms with Gasteiger partial charge in [0, 0.05) is 4.90 Å². The molecule has 0 spiro atoms. The van der Waals surface area contributed by atoms with Crippen molar-refractivity contribution in [3.8, 4) is 11.7 Å². The minimum absolute atomic E-state index is 0.0401. The first-order chi connectivity index (χ1) is 11.1. The van der Waals surface area contributed by atoms with Crippen molar-refractivity contribution < 1.29 is 13.6 Å². The van der Waals surface area contributed by atoms with Crippen molar-refractivity contribution in [1.29, 1.82) is 0 Å². The molecule has 118 valence electrons. The lowest BCUT2D eigenvalue weighted by Crippen LogP contribution is -2.14. The Balaban J connectivity index is 1.62. The average Bonchev–Trinajstić information content (AvgIpc) is 3.17. The van der Waals surface area contributed by atoms with Gasteiger partial charge in [-0.2, -0.15) is 0 Å². The molecule has 0 fully saturated rings. The molecule has 0 saturated heterocycles. The summed E-state index contributed by atoms with van der Waals surface area (Å²) >= 11 is 4.85. The molecule has 0 atom stereocenters. The SMILES string of the molecule is CSc1ccc(CC(=O)Nc2nnc(-c3ccc(Br)o3)o2)cc1. The second-order valence-corrected chi connectivity index (χ2v) is 6.25. The molecule has 1 N–H and O–H groups in total. The van der Waals surface area contributed by atoms with Crippen LogP contribution in [0.5, 0.6) is 0 Å². The third kappa shape index (κ3) is 4.02. The molecule has 23 heavy (non-hydrogen) atoms. The Hall–Kier alpha value is -2.06. The summed E-state index contributed by atoms with van der Waals surface area (Å²) < 4.78 is 11.2. The summed E-state index contributed by atoms with van der Waals surface area (Å²) in [5.41, 5.74) is 0.912. The van der Waals surface area contributed by atoms with Gasteiger partial charge in [0.15, 0.2) is 10.4 Å². The van der Waals surface area contributed by atoms with Crippen LogP contribution < -0.4 is 5.32 Å². The first-order valence-corrected chi connectivity index (χ1v) is 8.68. The van der Waals surface area contributed by atoms with E-state index < -0.39 is 0 Å². The maximum Gasteiger partial charge on any atom is 0.322 e. The number of rotatable bonds is 5. The molecule has 1 amide bonds. The number of halogens is 1. The number of nitrogens with one attached hydrogen (secondary N) is 1. The molecule has 0 saturated carbocycles. The summed E-state index contributed by atoms with van der Waals surface area (Å²) in [6.45, 7) is 0. The first kappa shape index (κ1) is 15.8. The predicted octanol–water partition coefficient (Wildman–Crippen LogP) is 4.00. The molecule has 1 aromatic carbocycles. The molecule has 8 heteroatoms. The van der Waals surface area contributed by atoms with Crippen LogP contribution in [0.1, 0.15) is 5.56 Å². The summed E-state index contributed by atoms with van der Waals surface area (Å²) in [6, 6.07) is 11.3. The molecule has 0 aliphatic carbocycles. The molecule has 0 unspecified atom stereocenters. The van der Waals surface area contributed by atoms with E-state index >= 15 is 0 Å². The number of thioether (sulfide) groups is 1. The fourth-order valence-corrected chi connectivity index (χ4v) is 2.61. The van der Waals surface area contributed by atoms with E-state index in [-0.39, 0.29) is 24.2 Å². The van der Waals surface area contributed by atoms with Gasteiger partial charge in [-0.15, -0.1) is 16.9 Å². The number of benzene rings is 1. The van der Waals surface area contributed by atoms with Crippen molar-refractivity contribution in [2.45, 2.75) is 11.3 Å². The van der Waals surface area contributed by atoms with Gasteiger partial charge in [0.25, 0.3) is 5.89 Å². The Bertz CT molecular complexity index is 813. The molecule has 0 bridgehead atoms. The highest BCUT2D eigenvalue weighted by Crippen LogP contribution is 2.25. The lowest BCUT2D eigenvalue weighted by atomic mass is 10.1. The van der Waals surface area contributed by atoms with Gasteiger partial charge in [-0.1, -0.05) is 17.2 Å². The van der Waals surface area contributed by atoms with Gasteiger partial charge in [0.2, 0.25) is 5.91 Å². The van der Waals surface area contributed by atoms with Crippen LogP contribution in [0.25, 0.3) is 11.7 Å². The molecule has 0 aliphatic rings. The number of carbonyl (C=O) groups is 1. The van der Waals surface area contributed by atoms with Gasteiger partial charge in [-0.05, 0) is 52.0 Å². The molecule has 3 rings (SSSR count).